The van der Waals surface area contributed by atoms with Crippen LogP contribution in [-0.2, 0) is 11.3 Å². The Bertz CT molecular complexity index is 485. The number of hydrogen-bond donors (Lipinski definition) is 1. The zero-order valence-corrected chi connectivity index (χ0v) is 12.7. The van der Waals surface area contributed by atoms with Gasteiger partial charge in [0.1, 0.15) is 11.5 Å². The Hall–Kier alpha value is -1.79. The molecule has 1 aromatic carbocycles. The van der Waals surface area contributed by atoms with E-state index in [0.29, 0.717) is 12.3 Å². The number of hydrogen-bond acceptors (Lipinski definition) is 5. The standard InChI is InChI=1S/C15H23N3O3/c1-17-5-7-18(8-6-17)15(19)11-21-14-4-3-13(20-2)9-12(14)10-16/h3-4,9H,5-8,10-11,16H2,1-2H3. The molecular weight excluding hydrogens is 270 g/mol. The highest BCUT2D eigenvalue weighted by molar-refractivity contribution is 5.78. The number of methoxy groups -OCH3 is 1. The van der Waals surface area contributed by atoms with Crippen LogP contribution < -0.4 is 15.2 Å². The molecule has 116 valence electrons. The van der Waals surface area contributed by atoms with Crippen LogP contribution in [0.25, 0.3) is 0 Å². The van der Waals surface area contributed by atoms with Gasteiger partial charge in [-0.15, -0.1) is 0 Å². The molecule has 1 saturated heterocycles. The van der Waals surface area contributed by atoms with E-state index in [1.807, 2.05) is 11.0 Å². The maximum Gasteiger partial charge on any atom is 0.260 e. The lowest BCUT2D eigenvalue weighted by Crippen LogP contribution is -2.48. The van der Waals surface area contributed by atoms with E-state index in [0.717, 1.165) is 37.5 Å². The molecule has 1 heterocycles. The fourth-order valence-electron chi connectivity index (χ4n) is 2.27. The van der Waals surface area contributed by atoms with Crippen molar-refractivity contribution in [2.45, 2.75) is 6.54 Å². The summed E-state index contributed by atoms with van der Waals surface area (Å²) in [5.41, 5.74) is 6.54. The van der Waals surface area contributed by atoms with Gasteiger partial charge in [0.05, 0.1) is 7.11 Å². The van der Waals surface area contributed by atoms with Crippen molar-refractivity contribution in [3.63, 3.8) is 0 Å². The molecule has 0 bridgehead atoms. The number of carbonyl (C=O) groups excluding carboxylic acids is 1. The summed E-state index contributed by atoms with van der Waals surface area (Å²) in [6, 6.07) is 5.42. The summed E-state index contributed by atoms with van der Waals surface area (Å²) in [5.74, 6) is 1.39. The van der Waals surface area contributed by atoms with Crippen molar-refractivity contribution in [1.29, 1.82) is 0 Å². The zero-order valence-electron chi connectivity index (χ0n) is 12.7. The molecule has 0 radical (unpaired) electrons. The summed E-state index contributed by atoms with van der Waals surface area (Å²) in [5, 5.41) is 0. The van der Waals surface area contributed by atoms with Crippen molar-refractivity contribution in [2.75, 3.05) is 46.9 Å². The van der Waals surface area contributed by atoms with Gasteiger partial charge in [0, 0.05) is 38.3 Å². The number of rotatable bonds is 5. The van der Waals surface area contributed by atoms with Crippen LogP contribution in [0, 0.1) is 0 Å². The van der Waals surface area contributed by atoms with E-state index in [4.69, 9.17) is 15.2 Å². The van der Waals surface area contributed by atoms with Gasteiger partial charge in [-0.3, -0.25) is 4.79 Å². The Morgan fingerprint density at radius 3 is 2.62 bits per heavy atom. The third kappa shape index (κ3) is 4.09. The summed E-state index contributed by atoms with van der Waals surface area (Å²) in [6.07, 6.45) is 0. The van der Waals surface area contributed by atoms with Gasteiger partial charge < -0.3 is 25.0 Å². The van der Waals surface area contributed by atoms with Crippen LogP contribution in [0.3, 0.4) is 0 Å². The minimum atomic E-state index is 0.0156. The molecule has 1 aliphatic rings. The summed E-state index contributed by atoms with van der Waals surface area (Å²) < 4.78 is 10.8. The highest BCUT2D eigenvalue weighted by atomic mass is 16.5. The number of nitrogens with two attached hydrogens (primary N) is 1. The van der Waals surface area contributed by atoms with E-state index in [2.05, 4.69) is 11.9 Å². The van der Waals surface area contributed by atoms with Crippen molar-refractivity contribution >= 4 is 5.91 Å². The molecule has 0 unspecified atom stereocenters. The molecule has 0 aromatic heterocycles. The van der Waals surface area contributed by atoms with Gasteiger partial charge in [0.2, 0.25) is 0 Å². The van der Waals surface area contributed by atoms with Gasteiger partial charge in [-0.2, -0.15) is 0 Å². The predicted molar refractivity (Wildman–Crippen MR) is 80.5 cm³/mol. The maximum absolute atomic E-state index is 12.1. The van der Waals surface area contributed by atoms with Gasteiger partial charge in [-0.05, 0) is 25.2 Å². The first-order chi connectivity index (χ1) is 10.1. The highest BCUT2D eigenvalue weighted by Gasteiger charge is 2.19. The van der Waals surface area contributed by atoms with Gasteiger partial charge in [0.25, 0.3) is 5.91 Å². The molecule has 6 heteroatoms. The Balaban J connectivity index is 1.91. The van der Waals surface area contributed by atoms with Crippen molar-refractivity contribution in [2.24, 2.45) is 5.73 Å². The lowest BCUT2D eigenvalue weighted by molar-refractivity contribution is -0.134. The van der Waals surface area contributed by atoms with Crippen molar-refractivity contribution in [3.05, 3.63) is 23.8 Å². The van der Waals surface area contributed by atoms with E-state index >= 15 is 0 Å². The second-order valence-electron chi connectivity index (χ2n) is 5.15. The summed E-state index contributed by atoms with van der Waals surface area (Å²) in [6.45, 7) is 3.71. The van der Waals surface area contributed by atoms with Crippen molar-refractivity contribution in [3.8, 4) is 11.5 Å². The minimum absolute atomic E-state index is 0.0156. The fraction of sp³-hybridized carbons (Fsp3) is 0.533. The van der Waals surface area contributed by atoms with Crippen LogP contribution in [0.1, 0.15) is 5.56 Å². The van der Waals surface area contributed by atoms with Crippen LogP contribution in [0.2, 0.25) is 0 Å². The summed E-state index contributed by atoms with van der Waals surface area (Å²) in [4.78, 5) is 16.2. The van der Waals surface area contributed by atoms with Crippen LogP contribution in [0.4, 0.5) is 0 Å². The third-order valence-electron chi connectivity index (χ3n) is 3.69. The number of likely N-dealkylation sites (N-methyl/N-ethyl adjacent to an activating group) is 1. The molecule has 21 heavy (non-hydrogen) atoms. The number of carbonyl (C=O) groups is 1. The van der Waals surface area contributed by atoms with Gasteiger partial charge >= 0.3 is 0 Å². The zero-order chi connectivity index (χ0) is 15.2. The van der Waals surface area contributed by atoms with Crippen LogP contribution in [-0.4, -0.2) is 62.7 Å². The molecule has 6 nitrogen and oxygen atoms in total. The number of ether oxygens (including phenoxy) is 2. The SMILES string of the molecule is COc1ccc(OCC(=O)N2CCN(C)CC2)c(CN)c1. The van der Waals surface area contributed by atoms with Crippen LogP contribution >= 0.6 is 0 Å². The quantitative estimate of drug-likeness (QED) is 0.846. The van der Waals surface area contributed by atoms with Crippen molar-refractivity contribution in [1.82, 2.24) is 9.80 Å². The molecule has 2 rings (SSSR count). The topological polar surface area (TPSA) is 68.0 Å². The lowest BCUT2D eigenvalue weighted by Gasteiger charge is -2.32. The van der Waals surface area contributed by atoms with Crippen molar-refractivity contribution < 1.29 is 14.3 Å². The Kier molecular flexibility index (Phi) is 5.41. The lowest BCUT2D eigenvalue weighted by atomic mass is 10.2. The van der Waals surface area contributed by atoms with E-state index in [-0.39, 0.29) is 12.5 Å². The number of nitrogens with zero attached hydrogens (tertiary/aromatic N) is 2. The Morgan fingerprint density at radius 2 is 2.00 bits per heavy atom. The molecule has 1 fully saturated rings. The van der Waals surface area contributed by atoms with Gasteiger partial charge in [-0.1, -0.05) is 0 Å². The Labute approximate surface area is 125 Å². The Morgan fingerprint density at radius 1 is 1.29 bits per heavy atom. The molecule has 0 saturated carbocycles. The molecule has 1 amide bonds. The first-order valence-electron chi connectivity index (χ1n) is 7.10. The third-order valence-corrected chi connectivity index (χ3v) is 3.69. The van der Waals surface area contributed by atoms with E-state index in [1.165, 1.54) is 0 Å². The normalized spacial score (nSPS) is 15.9. The average molecular weight is 293 g/mol. The van der Waals surface area contributed by atoms with Gasteiger partial charge in [-0.25, -0.2) is 0 Å². The second kappa shape index (κ2) is 7.28. The first kappa shape index (κ1) is 15.6. The van der Waals surface area contributed by atoms with E-state index in [9.17, 15) is 4.79 Å². The number of piperazine rings is 1. The molecule has 1 aromatic rings. The van der Waals surface area contributed by atoms with Crippen LogP contribution in [0.5, 0.6) is 11.5 Å². The molecular formula is C15H23N3O3. The smallest absolute Gasteiger partial charge is 0.260 e. The number of amides is 1. The molecule has 0 spiro atoms. The van der Waals surface area contributed by atoms with Crippen LogP contribution in [0.15, 0.2) is 18.2 Å². The summed E-state index contributed by atoms with van der Waals surface area (Å²) in [7, 11) is 3.66. The van der Waals surface area contributed by atoms with E-state index < -0.39 is 0 Å². The highest BCUT2D eigenvalue weighted by Crippen LogP contribution is 2.23. The maximum atomic E-state index is 12.1. The van der Waals surface area contributed by atoms with Gasteiger partial charge in [0.15, 0.2) is 6.61 Å². The largest absolute Gasteiger partial charge is 0.497 e. The molecule has 2 N–H and O–H groups in total. The molecule has 0 atom stereocenters. The average Bonchev–Trinajstić information content (AvgIpc) is 2.53. The first-order valence-corrected chi connectivity index (χ1v) is 7.10. The van der Waals surface area contributed by atoms with E-state index in [1.54, 1.807) is 19.2 Å². The minimum Gasteiger partial charge on any atom is -0.497 e. The number of benzene rings is 1. The second-order valence-corrected chi connectivity index (χ2v) is 5.15. The predicted octanol–water partition coefficient (Wildman–Crippen LogP) is 0.307. The summed E-state index contributed by atoms with van der Waals surface area (Å²) >= 11 is 0. The molecule has 1 aliphatic heterocycles. The molecule has 0 aliphatic carbocycles. The fourth-order valence-corrected chi connectivity index (χ4v) is 2.27. The monoisotopic (exact) mass is 293 g/mol.